The number of aromatic nitrogens is 3. The Kier molecular flexibility index (Phi) is 5.03. The zero-order chi connectivity index (χ0) is 21.6. The van der Waals surface area contributed by atoms with E-state index in [1.807, 2.05) is 6.07 Å². The molecular weight excluding hydrogens is 376 g/mol. The van der Waals surface area contributed by atoms with E-state index in [-0.39, 0.29) is 10.8 Å². The summed E-state index contributed by atoms with van der Waals surface area (Å²) in [5.74, 6) is 0.461. The van der Waals surface area contributed by atoms with Crippen molar-refractivity contribution in [3.05, 3.63) is 65.8 Å². The Bertz CT molecular complexity index is 1000. The van der Waals surface area contributed by atoms with Crippen LogP contribution in [0.2, 0.25) is 0 Å². The number of nitrogens with zero attached hydrogens (tertiary/aromatic N) is 4. The van der Waals surface area contributed by atoms with Crippen molar-refractivity contribution in [1.82, 2.24) is 20.0 Å². The van der Waals surface area contributed by atoms with Gasteiger partial charge in [0.05, 0.1) is 0 Å². The first kappa shape index (κ1) is 20.7. The number of benzene rings is 1. The Balaban J connectivity index is 1.78. The standard InChI is InChI=1S/C24H30N4O2/c1-22(2,3)11-17-6-8-19(9-7-17)24(29,23(4)14-28(5)15-23)20-10-18(12-25-13-20)21-26-16-30-27-21/h6-10,12-13,16,29H,11,14-15H2,1-5H3. The summed E-state index contributed by atoms with van der Waals surface area (Å²) in [4.78, 5) is 10.7. The summed E-state index contributed by atoms with van der Waals surface area (Å²) in [6, 6.07) is 10.3. The molecule has 0 spiro atoms. The molecule has 0 amide bonds. The van der Waals surface area contributed by atoms with Crippen LogP contribution in [0.3, 0.4) is 0 Å². The van der Waals surface area contributed by atoms with Gasteiger partial charge in [-0.1, -0.05) is 57.1 Å². The molecule has 158 valence electrons. The van der Waals surface area contributed by atoms with Gasteiger partial charge >= 0.3 is 0 Å². The first-order chi connectivity index (χ1) is 14.1. The predicted molar refractivity (Wildman–Crippen MR) is 116 cm³/mol. The summed E-state index contributed by atoms with van der Waals surface area (Å²) in [5.41, 5.74) is 2.29. The van der Waals surface area contributed by atoms with Gasteiger partial charge in [0.1, 0.15) is 5.60 Å². The minimum atomic E-state index is -1.19. The van der Waals surface area contributed by atoms with Gasteiger partial charge in [-0.3, -0.25) is 4.98 Å². The van der Waals surface area contributed by atoms with Gasteiger partial charge in [-0.25, -0.2) is 0 Å². The van der Waals surface area contributed by atoms with Gasteiger partial charge in [0.25, 0.3) is 0 Å². The molecule has 1 aromatic carbocycles. The molecule has 0 bridgehead atoms. The number of hydrogen-bond acceptors (Lipinski definition) is 6. The van der Waals surface area contributed by atoms with Crippen LogP contribution in [0, 0.1) is 10.8 Å². The van der Waals surface area contributed by atoms with E-state index in [0.29, 0.717) is 5.82 Å². The highest BCUT2D eigenvalue weighted by molar-refractivity contribution is 5.55. The first-order valence-electron chi connectivity index (χ1n) is 10.3. The SMILES string of the molecule is CN1CC(C)(C(O)(c2ccc(CC(C)(C)C)cc2)c2cncc(-c3ncon3)c2)C1. The Morgan fingerprint density at radius 3 is 2.37 bits per heavy atom. The first-order valence-corrected chi connectivity index (χ1v) is 10.3. The Labute approximate surface area is 178 Å². The second kappa shape index (κ2) is 7.29. The summed E-state index contributed by atoms with van der Waals surface area (Å²) >= 11 is 0. The van der Waals surface area contributed by atoms with E-state index in [0.717, 1.165) is 36.2 Å². The van der Waals surface area contributed by atoms with Gasteiger partial charge in [-0.05, 0) is 36.1 Å². The average molecular weight is 407 g/mol. The third kappa shape index (κ3) is 3.66. The van der Waals surface area contributed by atoms with E-state index in [2.05, 4.69) is 79.0 Å². The lowest BCUT2D eigenvalue weighted by atomic mass is 9.62. The molecular formula is C24H30N4O2. The molecule has 0 radical (unpaired) electrons. The van der Waals surface area contributed by atoms with Crippen molar-refractivity contribution >= 4 is 0 Å². The topological polar surface area (TPSA) is 75.3 Å². The highest BCUT2D eigenvalue weighted by atomic mass is 16.5. The predicted octanol–water partition coefficient (Wildman–Crippen LogP) is 3.91. The molecule has 1 atom stereocenters. The number of rotatable bonds is 5. The van der Waals surface area contributed by atoms with E-state index in [1.54, 1.807) is 12.4 Å². The summed E-state index contributed by atoms with van der Waals surface area (Å²) in [6.45, 7) is 10.4. The third-order valence-corrected chi connectivity index (χ3v) is 5.99. The van der Waals surface area contributed by atoms with Crippen LogP contribution >= 0.6 is 0 Å². The molecule has 3 aromatic rings. The lowest BCUT2D eigenvalue weighted by Crippen LogP contribution is -2.63. The van der Waals surface area contributed by atoms with Crippen LogP contribution in [0.5, 0.6) is 0 Å². The van der Waals surface area contributed by atoms with Crippen molar-refractivity contribution in [2.24, 2.45) is 10.8 Å². The molecule has 1 unspecified atom stereocenters. The van der Waals surface area contributed by atoms with Crippen LogP contribution in [-0.4, -0.2) is 45.3 Å². The van der Waals surface area contributed by atoms with Crippen LogP contribution in [0.4, 0.5) is 0 Å². The molecule has 3 heterocycles. The zero-order valence-electron chi connectivity index (χ0n) is 18.4. The van der Waals surface area contributed by atoms with Crippen molar-refractivity contribution in [1.29, 1.82) is 0 Å². The van der Waals surface area contributed by atoms with Crippen molar-refractivity contribution in [3.63, 3.8) is 0 Å². The quantitative estimate of drug-likeness (QED) is 0.692. The van der Waals surface area contributed by atoms with Crippen molar-refractivity contribution in [2.75, 3.05) is 20.1 Å². The number of likely N-dealkylation sites (tertiary alicyclic amines) is 1. The van der Waals surface area contributed by atoms with Crippen LogP contribution in [0.25, 0.3) is 11.4 Å². The number of aliphatic hydroxyl groups is 1. The molecule has 30 heavy (non-hydrogen) atoms. The number of pyridine rings is 1. The van der Waals surface area contributed by atoms with E-state index in [4.69, 9.17) is 4.52 Å². The summed E-state index contributed by atoms with van der Waals surface area (Å²) in [5, 5.41) is 16.2. The molecule has 4 rings (SSSR count). The smallest absolute Gasteiger partial charge is 0.214 e. The largest absolute Gasteiger partial charge is 0.380 e. The van der Waals surface area contributed by atoms with Gasteiger partial charge in [0, 0.05) is 42.0 Å². The molecule has 1 aliphatic rings. The van der Waals surface area contributed by atoms with Crippen LogP contribution in [0.1, 0.15) is 44.4 Å². The van der Waals surface area contributed by atoms with Gasteiger partial charge in [0.15, 0.2) is 0 Å². The highest BCUT2D eigenvalue weighted by Crippen LogP contribution is 2.50. The Morgan fingerprint density at radius 2 is 1.80 bits per heavy atom. The fraction of sp³-hybridized carbons (Fsp3) is 0.458. The summed E-state index contributed by atoms with van der Waals surface area (Å²) in [6.07, 6.45) is 5.72. The average Bonchev–Trinajstić information content (AvgIpc) is 3.20. The van der Waals surface area contributed by atoms with Crippen molar-refractivity contribution < 1.29 is 9.63 Å². The lowest BCUT2D eigenvalue weighted by molar-refractivity contribution is -0.127. The maximum atomic E-state index is 12.3. The monoisotopic (exact) mass is 406 g/mol. The maximum Gasteiger partial charge on any atom is 0.214 e. The van der Waals surface area contributed by atoms with E-state index >= 15 is 0 Å². The Morgan fingerprint density at radius 1 is 1.10 bits per heavy atom. The van der Waals surface area contributed by atoms with Crippen LogP contribution in [-0.2, 0) is 12.0 Å². The molecule has 0 aliphatic carbocycles. The third-order valence-electron chi connectivity index (χ3n) is 5.99. The zero-order valence-corrected chi connectivity index (χ0v) is 18.4. The van der Waals surface area contributed by atoms with Crippen LogP contribution < -0.4 is 0 Å². The van der Waals surface area contributed by atoms with Crippen molar-refractivity contribution in [2.45, 2.75) is 39.7 Å². The molecule has 0 saturated carbocycles. The molecule has 1 saturated heterocycles. The van der Waals surface area contributed by atoms with Gasteiger partial charge in [-0.15, -0.1) is 0 Å². The molecule has 1 fully saturated rings. The van der Waals surface area contributed by atoms with E-state index in [1.165, 1.54) is 12.0 Å². The molecule has 1 N–H and O–H groups in total. The van der Waals surface area contributed by atoms with E-state index < -0.39 is 5.60 Å². The fourth-order valence-corrected chi connectivity index (χ4v) is 4.77. The Hall–Kier alpha value is -2.57. The summed E-state index contributed by atoms with van der Waals surface area (Å²) in [7, 11) is 2.07. The minimum Gasteiger partial charge on any atom is -0.380 e. The van der Waals surface area contributed by atoms with Gasteiger partial charge in [0.2, 0.25) is 12.2 Å². The van der Waals surface area contributed by atoms with Gasteiger partial charge in [-0.2, -0.15) is 4.98 Å². The summed E-state index contributed by atoms with van der Waals surface area (Å²) < 4.78 is 4.89. The maximum absolute atomic E-state index is 12.3. The highest BCUT2D eigenvalue weighted by Gasteiger charge is 2.55. The lowest BCUT2D eigenvalue weighted by Gasteiger charge is -2.55. The minimum absolute atomic E-state index is 0.212. The van der Waals surface area contributed by atoms with Gasteiger partial charge < -0.3 is 14.5 Å². The fourth-order valence-electron chi connectivity index (χ4n) is 4.77. The van der Waals surface area contributed by atoms with Crippen LogP contribution in [0.15, 0.2) is 53.6 Å². The molecule has 6 heteroatoms. The molecule has 2 aromatic heterocycles. The second-order valence-corrected chi connectivity index (χ2v) is 10.1. The normalized spacial score (nSPS) is 18.6. The van der Waals surface area contributed by atoms with Crippen molar-refractivity contribution in [3.8, 4) is 11.4 Å². The van der Waals surface area contributed by atoms with E-state index in [9.17, 15) is 5.11 Å². The second-order valence-electron chi connectivity index (χ2n) is 10.1. The molecule has 6 nitrogen and oxygen atoms in total. The number of hydrogen-bond donors (Lipinski definition) is 1. The molecule has 1 aliphatic heterocycles.